The van der Waals surface area contributed by atoms with Crippen LogP contribution >= 0.6 is 12.6 Å². The molecule has 2 unspecified atom stereocenters. The fourth-order valence-corrected chi connectivity index (χ4v) is 2.71. The van der Waals surface area contributed by atoms with Crippen LogP contribution in [0.25, 0.3) is 0 Å². The predicted molar refractivity (Wildman–Crippen MR) is 79.8 cm³/mol. The summed E-state index contributed by atoms with van der Waals surface area (Å²) in [7, 11) is -4.32. The fraction of sp³-hybridized carbons (Fsp3) is 0.727. The molecule has 0 spiro atoms. The van der Waals surface area contributed by atoms with Crippen LogP contribution in [-0.4, -0.2) is 54.7 Å². The third-order valence-electron chi connectivity index (χ3n) is 2.66. The zero-order valence-corrected chi connectivity index (χ0v) is 13.7. The van der Waals surface area contributed by atoms with Crippen molar-refractivity contribution in [1.82, 2.24) is 9.62 Å². The number of nitrogens with one attached hydrogen (secondary N) is 1. The third-order valence-corrected chi connectivity index (χ3v) is 4.04. The van der Waals surface area contributed by atoms with Gasteiger partial charge in [-0.3, -0.25) is 0 Å². The third kappa shape index (κ3) is 5.01. The van der Waals surface area contributed by atoms with E-state index in [-0.39, 0.29) is 17.4 Å². The smallest absolute Gasteiger partial charge is 0.425 e. The van der Waals surface area contributed by atoms with E-state index in [0.717, 1.165) is 0 Å². The molecule has 2 atom stereocenters. The lowest BCUT2D eigenvalue weighted by Crippen LogP contribution is -2.49. The average molecular weight is 337 g/mol. The Morgan fingerprint density at radius 3 is 2.57 bits per heavy atom. The van der Waals surface area contributed by atoms with E-state index >= 15 is 0 Å². The Balaban J connectivity index is 2.96. The van der Waals surface area contributed by atoms with Gasteiger partial charge in [0.1, 0.15) is 11.5 Å². The van der Waals surface area contributed by atoms with E-state index in [2.05, 4.69) is 17.9 Å². The number of thiol groups is 1. The number of carbonyl (C=O) groups is 1. The lowest BCUT2D eigenvalue weighted by atomic mass is 10.1. The molecule has 10 heteroatoms. The van der Waals surface area contributed by atoms with Crippen molar-refractivity contribution in [3.8, 4) is 0 Å². The maximum absolute atomic E-state index is 12.0. The summed E-state index contributed by atoms with van der Waals surface area (Å²) in [5.41, 5.74) is -0.631. The molecule has 1 aliphatic heterocycles. The SMILES string of the molecule is CC(C)(C)OC(=O)N(CC1NCC(S)C1=C=O)S(N)(=O)=O. The summed E-state index contributed by atoms with van der Waals surface area (Å²) in [4.78, 5) is 22.9. The number of hydrogen-bond donors (Lipinski definition) is 3. The molecule has 1 amide bonds. The fourth-order valence-electron chi connectivity index (χ4n) is 1.77. The van der Waals surface area contributed by atoms with Crippen LogP contribution in [0.3, 0.4) is 0 Å². The number of ether oxygens (including phenoxy) is 1. The van der Waals surface area contributed by atoms with E-state index in [0.29, 0.717) is 10.8 Å². The van der Waals surface area contributed by atoms with Crippen molar-refractivity contribution < 1.29 is 22.7 Å². The number of hydrogen-bond acceptors (Lipinski definition) is 7. The first-order valence-electron chi connectivity index (χ1n) is 6.15. The molecule has 0 aromatic rings. The van der Waals surface area contributed by atoms with Crippen LogP contribution in [0.5, 0.6) is 0 Å². The molecule has 1 fully saturated rings. The second-order valence-corrected chi connectivity index (χ2v) is 7.68. The summed E-state index contributed by atoms with van der Waals surface area (Å²) in [6.45, 7) is 4.81. The Kier molecular flexibility index (Phi) is 5.46. The van der Waals surface area contributed by atoms with Crippen LogP contribution in [0.15, 0.2) is 5.57 Å². The van der Waals surface area contributed by atoms with Crippen LogP contribution in [-0.2, 0) is 19.7 Å². The molecule has 120 valence electrons. The minimum Gasteiger partial charge on any atom is -0.443 e. The molecule has 0 aliphatic carbocycles. The highest BCUT2D eigenvalue weighted by molar-refractivity contribution is 7.87. The van der Waals surface area contributed by atoms with Crippen molar-refractivity contribution in [2.24, 2.45) is 5.14 Å². The zero-order chi connectivity index (χ0) is 16.4. The number of nitrogens with two attached hydrogens (primary N) is 1. The van der Waals surface area contributed by atoms with E-state index in [1.54, 1.807) is 26.7 Å². The van der Waals surface area contributed by atoms with Crippen molar-refractivity contribution in [3.05, 3.63) is 5.57 Å². The Morgan fingerprint density at radius 2 is 2.14 bits per heavy atom. The number of rotatable bonds is 3. The molecular formula is C11H19N3O5S2. The van der Waals surface area contributed by atoms with E-state index < -0.39 is 27.9 Å². The van der Waals surface area contributed by atoms with E-state index in [1.807, 2.05) is 0 Å². The number of carbonyl (C=O) groups excluding carboxylic acids is 2. The molecule has 1 rings (SSSR count). The molecule has 21 heavy (non-hydrogen) atoms. The lowest BCUT2D eigenvalue weighted by molar-refractivity contribution is 0.0386. The molecule has 0 aromatic carbocycles. The predicted octanol–water partition coefficient (Wildman–Crippen LogP) is -0.545. The van der Waals surface area contributed by atoms with Gasteiger partial charge >= 0.3 is 16.3 Å². The second kappa shape index (κ2) is 6.37. The standard InChI is InChI=1S/C11H19N3O5S2/c1-11(2,3)19-10(16)14(21(12,17)18)5-8-7(6-15)9(20)4-13-8/h8-9,13,20H,4-5H2,1-3H3,(H2,12,17,18). The van der Waals surface area contributed by atoms with E-state index in [1.165, 1.54) is 0 Å². The van der Waals surface area contributed by atoms with Gasteiger partial charge in [0.2, 0.25) is 0 Å². The van der Waals surface area contributed by atoms with Gasteiger partial charge in [0.25, 0.3) is 0 Å². The van der Waals surface area contributed by atoms with E-state index in [4.69, 9.17) is 9.88 Å². The average Bonchev–Trinajstić information content (AvgIpc) is 2.62. The first-order valence-corrected chi connectivity index (χ1v) is 8.17. The first-order chi connectivity index (χ1) is 9.45. The summed E-state index contributed by atoms with van der Waals surface area (Å²) < 4.78 is 28.5. The van der Waals surface area contributed by atoms with Crippen molar-refractivity contribution in [2.75, 3.05) is 13.1 Å². The molecule has 3 N–H and O–H groups in total. The van der Waals surface area contributed by atoms with Gasteiger partial charge in [-0.25, -0.2) is 14.7 Å². The Hall–Kier alpha value is -1.06. The molecule has 1 saturated heterocycles. The molecule has 8 nitrogen and oxygen atoms in total. The van der Waals surface area contributed by atoms with Gasteiger partial charge < -0.3 is 10.1 Å². The largest absolute Gasteiger partial charge is 0.443 e. The van der Waals surface area contributed by atoms with Crippen molar-refractivity contribution in [1.29, 1.82) is 0 Å². The molecule has 0 saturated carbocycles. The molecule has 0 aromatic heterocycles. The van der Waals surface area contributed by atoms with Gasteiger partial charge in [-0.15, -0.1) is 0 Å². The van der Waals surface area contributed by atoms with Crippen LogP contribution in [0.2, 0.25) is 0 Å². The van der Waals surface area contributed by atoms with Crippen molar-refractivity contribution in [2.45, 2.75) is 37.7 Å². The normalized spacial score (nSPS) is 22.8. The molecule has 1 aliphatic rings. The monoisotopic (exact) mass is 337 g/mol. The minimum absolute atomic E-state index is 0.246. The maximum atomic E-state index is 12.0. The second-order valence-electron chi connectivity index (χ2n) is 5.59. The summed E-state index contributed by atoms with van der Waals surface area (Å²) in [6.07, 6.45) is -1.10. The van der Waals surface area contributed by atoms with Crippen LogP contribution in [0, 0.1) is 0 Å². The molecular weight excluding hydrogens is 318 g/mol. The van der Waals surface area contributed by atoms with Crippen LogP contribution in [0.1, 0.15) is 20.8 Å². The Labute approximate surface area is 129 Å². The van der Waals surface area contributed by atoms with Gasteiger partial charge in [0.15, 0.2) is 0 Å². The first kappa shape index (κ1) is 18.0. The minimum atomic E-state index is -4.32. The van der Waals surface area contributed by atoms with Crippen LogP contribution < -0.4 is 10.5 Å². The zero-order valence-electron chi connectivity index (χ0n) is 12.0. The lowest BCUT2D eigenvalue weighted by Gasteiger charge is -2.27. The summed E-state index contributed by atoms with van der Waals surface area (Å²) in [5, 5.41) is 7.54. The highest BCUT2D eigenvalue weighted by Gasteiger charge is 2.36. The topological polar surface area (TPSA) is 119 Å². The van der Waals surface area contributed by atoms with Gasteiger partial charge in [-0.2, -0.15) is 25.4 Å². The van der Waals surface area contributed by atoms with Crippen LogP contribution in [0.4, 0.5) is 4.79 Å². The Bertz CT molecular complexity index is 563. The molecule has 0 bridgehead atoms. The van der Waals surface area contributed by atoms with Crippen molar-refractivity contribution >= 4 is 34.9 Å². The van der Waals surface area contributed by atoms with Crippen molar-refractivity contribution in [3.63, 3.8) is 0 Å². The van der Waals surface area contributed by atoms with Gasteiger partial charge in [0.05, 0.1) is 12.6 Å². The number of nitrogens with zero attached hydrogens (tertiary/aromatic N) is 1. The highest BCUT2D eigenvalue weighted by atomic mass is 32.2. The molecule has 0 radical (unpaired) electrons. The number of amides is 1. The van der Waals surface area contributed by atoms with Gasteiger partial charge in [-0.05, 0) is 20.8 Å². The highest BCUT2D eigenvalue weighted by Crippen LogP contribution is 2.20. The summed E-state index contributed by atoms with van der Waals surface area (Å²) in [6, 6.07) is -0.684. The quantitative estimate of drug-likeness (QED) is 0.470. The van der Waals surface area contributed by atoms with E-state index in [9.17, 15) is 18.0 Å². The maximum Gasteiger partial charge on any atom is 0.425 e. The molecule has 1 heterocycles. The van der Waals surface area contributed by atoms with Gasteiger partial charge in [0, 0.05) is 17.4 Å². The van der Waals surface area contributed by atoms with Gasteiger partial charge in [-0.1, -0.05) is 0 Å². The summed E-state index contributed by atoms with van der Waals surface area (Å²) >= 11 is 4.16. The summed E-state index contributed by atoms with van der Waals surface area (Å²) in [5.74, 6) is 1.72. The Morgan fingerprint density at radius 1 is 1.57 bits per heavy atom.